The van der Waals surface area contributed by atoms with Gasteiger partial charge in [0.1, 0.15) is 5.82 Å². The summed E-state index contributed by atoms with van der Waals surface area (Å²) in [5.41, 5.74) is 2.98. The summed E-state index contributed by atoms with van der Waals surface area (Å²) in [4.78, 5) is 13.7. The van der Waals surface area contributed by atoms with Gasteiger partial charge in [0.15, 0.2) is 5.78 Å². The first-order valence-corrected chi connectivity index (χ1v) is 12.5. The maximum Gasteiger partial charge on any atom is 0.169 e. The first-order valence-electron chi connectivity index (χ1n) is 12.5. The molecule has 1 atom stereocenters. The first kappa shape index (κ1) is 21.9. The minimum Gasteiger partial charge on any atom is -0.367 e. The third-order valence-corrected chi connectivity index (χ3v) is 7.70. The van der Waals surface area contributed by atoms with E-state index in [0.717, 1.165) is 17.8 Å². The Bertz CT molecular complexity index is 1040. The largest absolute Gasteiger partial charge is 0.367 e. The number of anilines is 1. The van der Waals surface area contributed by atoms with Crippen molar-refractivity contribution in [2.45, 2.75) is 76.3 Å². The number of hydrogen-bond donors (Lipinski definition) is 1. The van der Waals surface area contributed by atoms with E-state index >= 15 is 0 Å². The molecule has 0 spiro atoms. The number of fused-ring (bicyclic) bond motifs is 1. The molecule has 1 aromatic heterocycles. The van der Waals surface area contributed by atoms with Gasteiger partial charge in [-0.3, -0.25) is 4.79 Å². The molecule has 5 rings (SSSR count). The van der Waals surface area contributed by atoms with Gasteiger partial charge in [0.2, 0.25) is 0 Å². The molecule has 2 aliphatic rings. The Morgan fingerprint density at radius 3 is 2.21 bits per heavy atom. The third-order valence-electron chi connectivity index (χ3n) is 7.70. The summed E-state index contributed by atoms with van der Waals surface area (Å²) in [5.74, 6) is 1.79. The van der Waals surface area contributed by atoms with Crippen molar-refractivity contribution in [1.29, 1.82) is 0 Å². The van der Waals surface area contributed by atoms with E-state index in [9.17, 15) is 4.79 Å². The highest BCUT2D eigenvalue weighted by Gasteiger charge is 2.39. The summed E-state index contributed by atoms with van der Waals surface area (Å²) in [5, 5.41) is 8.48. The standard InChI is InChI=1S/C29H35N3O/c1-29(2)19-26(23-16-10-5-11-17-23)31-28-25(20-30-32(28)29)27(33)18-24(21-12-6-3-7-13-21)22-14-8-4-9-15-22/h3-4,6-9,12-15,20,23-24,26,31H,5,10-11,16-19H2,1-2H3. The molecular weight excluding hydrogens is 406 g/mol. The van der Waals surface area contributed by atoms with Gasteiger partial charge >= 0.3 is 0 Å². The zero-order valence-electron chi connectivity index (χ0n) is 19.8. The third kappa shape index (κ3) is 4.48. The highest BCUT2D eigenvalue weighted by Crippen LogP contribution is 2.40. The van der Waals surface area contributed by atoms with Crippen molar-refractivity contribution >= 4 is 11.6 Å². The lowest BCUT2D eigenvalue weighted by atomic mass is 9.78. The van der Waals surface area contributed by atoms with Crippen LogP contribution in [0.25, 0.3) is 0 Å². The van der Waals surface area contributed by atoms with Gasteiger partial charge in [-0.1, -0.05) is 79.9 Å². The molecule has 0 radical (unpaired) electrons. The summed E-state index contributed by atoms with van der Waals surface area (Å²) in [6.07, 6.45) is 9.86. The lowest BCUT2D eigenvalue weighted by Crippen LogP contribution is -2.45. The summed E-state index contributed by atoms with van der Waals surface area (Å²) in [7, 11) is 0. The van der Waals surface area contributed by atoms with E-state index in [4.69, 9.17) is 5.10 Å². The van der Waals surface area contributed by atoms with Crippen LogP contribution in [0.3, 0.4) is 0 Å². The molecule has 4 nitrogen and oxygen atoms in total. The van der Waals surface area contributed by atoms with Crippen LogP contribution >= 0.6 is 0 Å². The van der Waals surface area contributed by atoms with Gasteiger partial charge < -0.3 is 5.32 Å². The summed E-state index contributed by atoms with van der Waals surface area (Å²) in [6, 6.07) is 21.2. The van der Waals surface area contributed by atoms with Crippen molar-refractivity contribution < 1.29 is 4.79 Å². The predicted octanol–water partition coefficient (Wildman–Crippen LogP) is 6.79. The van der Waals surface area contributed by atoms with Crippen LogP contribution in [-0.2, 0) is 5.54 Å². The normalized spacial score (nSPS) is 20.3. The van der Waals surface area contributed by atoms with E-state index in [1.54, 1.807) is 6.20 Å². The number of benzene rings is 2. The number of carbonyl (C=O) groups is 1. The zero-order valence-corrected chi connectivity index (χ0v) is 19.8. The van der Waals surface area contributed by atoms with E-state index in [2.05, 4.69) is 72.4 Å². The topological polar surface area (TPSA) is 46.9 Å². The molecule has 1 aliphatic heterocycles. The molecule has 2 heterocycles. The Hall–Kier alpha value is -2.88. The summed E-state index contributed by atoms with van der Waals surface area (Å²) in [6.45, 7) is 4.51. The lowest BCUT2D eigenvalue weighted by molar-refractivity contribution is 0.0977. The van der Waals surface area contributed by atoms with Crippen LogP contribution in [0, 0.1) is 5.92 Å². The monoisotopic (exact) mass is 441 g/mol. The zero-order chi connectivity index (χ0) is 22.8. The van der Waals surface area contributed by atoms with Crippen molar-refractivity contribution in [2.24, 2.45) is 5.92 Å². The van der Waals surface area contributed by atoms with E-state index in [0.29, 0.717) is 18.4 Å². The molecule has 4 heteroatoms. The number of Topliss-reactive ketones (excluding diaryl/α,β-unsaturated/α-hetero) is 1. The predicted molar refractivity (Wildman–Crippen MR) is 134 cm³/mol. The molecule has 172 valence electrons. The van der Waals surface area contributed by atoms with Crippen molar-refractivity contribution in [3.8, 4) is 0 Å². The first-order chi connectivity index (χ1) is 16.0. The highest BCUT2D eigenvalue weighted by atomic mass is 16.1. The maximum absolute atomic E-state index is 13.7. The van der Waals surface area contributed by atoms with Gasteiger partial charge in [-0.25, -0.2) is 4.68 Å². The fourth-order valence-corrected chi connectivity index (χ4v) is 5.92. The molecule has 0 bridgehead atoms. The number of carbonyl (C=O) groups excluding carboxylic acids is 1. The number of nitrogens with one attached hydrogen (secondary N) is 1. The molecule has 1 N–H and O–H groups in total. The Morgan fingerprint density at radius 1 is 1.00 bits per heavy atom. The van der Waals surface area contributed by atoms with Crippen LogP contribution in [0.4, 0.5) is 5.82 Å². The Balaban J connectivity index is 1.44. The second kappa shape index (κ2) is 9.17. The molecule has 1 aliphatic carbocycles. The summed E-state index contributed by atoms with van der Waals surface area (Å²) >= 11 is 0. The number of rotatable bonds is 6. The highest BCUT2D eigenvalue weighted by molar-refractivity contribution is 6.01. The smallest absolute Gasteiger partial charge is 0.169 e. The van der Waals surface area contributed by atoms with Crippen LogP contribution in [0.15, 0.2) is 66.9 Å². The Kier molecular flexibility index (Phi) is 6.09. The molecule has 3 aromatic rings. The lowest BCUT2D eigenvalue weighted by Gasteiger charge is -2.42. The molecule has 0 saturated heterocycles. The van der Waals surface area contributed by atoms with Crippen LogP contribution in [0.5, 0.6) is 0 Å². The number of aromatic nitrogens is 2. The van der Waals surface area contributed by atoms with E-state index < -0.39 is 0 Å². The maximum atomic E-state index is 13.7. The van der Waals surface area contributed by atoms with E-state index in [1.165, 1.54) is 43.2 Å². The molecule has 1 saturated carbocycles. The van der Waals surface area contributed by atoms with E-state index in [-0.39, 0.29) is 17.2 Å². The molecular formula is C29H35N3O. The quantitative estimate of drug-likeness (QED) is 0.429. The molecule has 1 unspecified atom stereocenters. The fraction of sp³-hybridized carbons (Fsp3) is 0.448. The van der Waals surface area contributed by atoms with Crippen molar-refractivity contribution in [3.63, 3.8) is 0 Å². The Labute approximate surface area is 197 Å². The van der Waals surface area contributed by atoms with Gasteiger partial charge in [0.25, 0.3) is 0 Å². The molecule has 2 aromatic carbocycles. The number of nitrogens with zero attached hydrogens (tertiary/aromatic N) is 2. The van der Waals surface area contributed by atoms with E-state index in [1.807, 2.05) is 12.1 Å². The average Bonchev–Trinajstić information content (AvgIpc) is 3.29. The minimum atomic E-state index is -0.0977. The molecule has 1 fully saturated rings. The average molecular weight is 442 g/mol. The molecule has 0 amide bonds. The van der Waals surface area contributed by atoms with Crippen LogP contribution in [0.2, 0.25) is 0 Å². The van der Waals surface area contributed by atoms with Crippen LogP contribution in [-0.4, -0.2) is 21.6 Å². The van der Waals surface area contributed by atoms with Crippen LogP contribution in [0.1, 0.15) is 86.2 Å². The van der Waals surface area contributed by atoms with Gasteiger partial charge in [0, 0.05) is 18.4 Å². The summed E-state index contributed by atoms with van der Waals surface area (Å²) < 4.78 is 2.06. The second-order valence-electron chi connectivity index (χ2n) is 10.5. The van der Waals surface area contributed by atoms with Crippen LogP contribution < -0.4 is 5.32 Å². The fourth-order valence-electron chi connectivity index (χ4n) is 5.92. The van der Waals surface area contributed by atoms with Gasteiger partial charge in [0.05, 0.1) is 17.3 Å². The minimum absolute atomic E-state index is 0.0289. The molecule has 33 heavy (non-hydrogen) atoms. The van der Waals surface area contributed by atoms with Crippen molar-refractivity contribution in [2.75, 3.05) is 5.32 Å². The van der Waals surface area contributed by atoms with Crippen molar-refractivity contribution in [3.05, 3.63) is 83.6 Å². The van der Waals surface area contributed by atoms with Gasteiger partial charge in [-0.15, -0.1) is 0 Å². The van der Waals surface area contributed by atoms with Crippen molar-refractivity contribution in [1.82, 2.24) is 9.78 Å². The SMILES string of the molecule is CC1(C)CC(C2CCCCC2)Nc2c(C(=O)CC(c3ccccc3)c3ccccc3)cnn21. The van der Waals surface area contributed by atoms with Gasteiger partial charge in [-0.2, -0.15) is 5.10 Å². The number of ketones is 1. The van der Waals surface area contributed by atoms with Gasteiger partial charge in [-0.05, 0) is 50.2 Å². The Morgan fingerprint density at radius 2 is 1.61 bits per heavy atom. The number of hydrogen-bond acceptors (Lipinski definition) is 3. The second-order valence-corrected chi connectivity index (χ2v) is 10.5.